The van der Waals surface area contributed by atoms with Gasteiger partial charge in [-0.15, -0.1) is 0 Å². The SMILES string of the molecule is Cc1nn(C2CCNCC2)cc1-c1cccc(Cl)c1-c1ccc2c(=O)n(-c3cncc4ccccc34)c(=O)[nH]c2c1. The molecule has 7 rings (SSSR count). The largest absolute Gasteiger partial charge is 0.333 e. The summed E-state index contributed by atoms with van der Waals surface area (Å²) in [5.74, 6) is 0. The summed E-state index contributed by atoms with van der Waals surface area (Å²) in [5.41, 5.74) is 4.44. The average Bonchev–Trinajstić information content (AvgIpc) is 3.38. The zero-order valence-corrected chi connectivity index (χ0v) is 23.2. The summed E-state index contributed by atoms with van der Waals surface area (Å²) in [4.78, 5) is 34.2. The number of fused-ring (bicyclic) bond motifs is 2. The van der Waals surface area contributed by atoms with Gasteiger partial charge in [0.05, 0.1) is 34.5 Å². The first kappa shape index (κ1) is 25.4. The highest BCUT2D eigenvalue weighted by molar-refractivity contribution is 6.34. The van der Waals surface area contributed by atoms with E-state index >= 15 is 0 Å². The molecule has 0 aliphatic carbocycles. The Morgan fingerprint density at radius 2 is 1.76 bits per heavy atom. The van der Waals surface area contributed by atoms with Crippen molar-refractivity contribution < 1.29 is 0 Å². The highest BCUT2D eigenvalue weighted by Crippen LogP contribution is 2.39. The number of rotatable bonds is 4. The Balaban J connectivity index is 1.36. The summed E-state index contributed by atoms with van der Waals surface area (Å²) in [6.45, 7) is 3.98. The molecule has 3 aromatic heterocycles. The van der Waals surface area contributed by atoms with E-state index in [1.54, 1.807) is 18.5 Å². The van der Waals surface area contributed by atoms with Gasteiger partial charge < -0.3 is 10.3 Å². The van der Waals surface area contributed by atoms with Gasteiger partial charge in [-0.25, -0.2) is 9.36 Å². The van der Waals surface area contributed by atoms with Gasteiger partial charge in [0.15, 0.2) is 0 Å². The van der Waals surface area contributed by atoms with Crippen molar-refractivity contribution in [3.05, 3.63) is 111 Å². The molecule has 9 heteroatoms. The number of nitrogens with zero attached hydrogens (tertiary/aromatic N) is 4. The monoisotopic (exact) mass is 562 g/mol. The van der Waals surface area contributed by atoms with Gasteiger partial charge in [-0.3, -0.25) is 14.5 Å². The number of aromatic amines is 1. The van der Waals surface area contributed by atoms with Crippen LogP contribution in [0.3, 0.4) is 0 Å². The number of pyridine rings is 1. The maximum Gasteiger partial charge on any atom is 0.333 e. The smallest absolute Gasteiger partial charge is 0.317 e. The van der Waals surface area contributed by atoms with Gasteiger partial charge in [-0.2, -0.15) is 5.10 Å². The van der Waals surface area contributed by atoms with E-state index in [2.05, 4.69) is 26.2 Å². The van der Waals surface area contributed by atoms with Crippen LogP contribution < -0.4 is 16.6 Å². The van der Waals surface area contributed by atoms with Gasteiger partial charge in [0.2, 0.25) is 0 Å². The second kappa shape index (κ2) is 10.1. The van der Waals surface area contributed by atoms with Crippen LogP contribution in [0.4, 0.5) is 0 Å². The van der Waals surface area contributed by atoms with E-state index in [-0.39, 0.29) is 0 Å². The minimum Gasteiger partial charge on any atom is -0.317 e. The van der Waals surface area contributed by atoms with Crippen molar-refractivity contribution in [1.82, 2.24) is 29.6 Å². The van der Waals surface area contributed by atoms with Crippen LogP contribution >= 0.6 is 11.6 Å². The molecule has 4 heterocycles. The summed E-state index contributed by atoms with van der Waals surface area (Å²) < 4.78 is 3.23. The van der Waals surface area contributed by atoms with E-state index in [9.17, 15) is 9.59 Å². The summed E-state index contributed by atoms with van der Waals surface area (Å²) in [5, 5.41) is 10.9. The molecule has 1 saturated heterocycles. The molecule has 0 saturated carbocycles. The number of aryl methyl sites for hydroxylation is 1. The van der Waals surface area contributed by atoms with Gasteiger partial charge in [0.1, 0.15) is 0 Å². The van der Waals surface area contributed by atoms with E-state index in [1.807, 2.05) is 61.5 Å². The standard InChI is InChI=1S/C32H27ClN6O2/c1-19-26(18-38(37-19)22-11-13-34-14-12-22)24-7-4-8-27(33)30(24)20-9-10-25-28(15-20)36-32(41)39(31(25)40)29-17-35-16-21-5-2-3-6-23(21)29/h2-10,15-18,22,34H,11-14H2,1H3,(H,36,41). The number of benzene rings is 3. The predicted octanol–water partition coefficient (Wildman–Crippen LogP) is 5.64. The quantitative estimate of drug-likeness (QED) is 0.290. The second-order valence-corrected chi connectivity index (χ2v) is 10.9. The lowest BCUT2D eigenvalue weighted by atomic mass is 9.94. The van der Waals surface area contributed by atoms with E-state index < -0.39 is 11.2 Å². The number of halogens is 1. The molecule has 0 amide bonds. The number of hydrogen-bond acceptors (Lipinski definition) is 5. The summed E-state index contributed by atoms with van der Waals surface area (Å²) in [6.07, 6.45) is 7.44. The van der Waals surface area contributed by atoms with Crippen molar-refractivity contribution in [3.8, 4) is 27.9 Å². The molecule has 0 spiro atoms. The minimum atomic E-state index is -0.531. The Kier molecular flexibility index (Phi) is 6.29. The lowest BCUT2D eigenvalue weighted by molar-refractivity contribution is 0.342. The minimum absolute atomic E-state index is 0.358. The zero-order valence-electron chi connectivity index (χ0n) is 22.4. The lowest BCUT2D eigenvalue weighted by Crippen LogP contribution is -2.33. The maximum atomic E-state index is 13.7. The summed E-state index contributed by atoms with van der Waals surface area (Å²) in [7, 11) is 0. The maximum absolute atomic E-state index is 13.7. The second-order valence-electron chi connectivity index (χ2n) is 10.5. The first-order valence-corrected chi connectivity index (χ1v) is 14.1. The van der Waals surface area contributed by atoms with Gasteiger partial charge in [-0.05, 0) is 62.2 Å². The van der Waals surface area contributed by atoms with Crippen molar-refractivity contribution >= 4 is 33.3 Å². The van der Waals surface area contributed by atoms with Crippen molar-refractivity contribution in [2.45, 2.75) is 25.8 Å². The fourth-order valence-electron chi connectivity index (χ4n) is 5.92. The van der Waals surface area contributed by atoms with E-state index in [0.29, 0.717) is 27.7 Å². The van der Waals surface area contributed by atoms with Crippen molar-refractivity contribution in [2.24, 2.45) is 0 Å². The molecule has 3 aromatic carbocycles. The van der Waals surface area contributed by atoms with Crippen LogP contribution in [0.5, 0.6) is 0 Å². The first-order chi connectivity index (χ1) is 20.0. The first-order valence-electron chi connectivity index (χ1n) is 13.7. The van der Waals surface area contributed by atoms with Gasteiger partial charge >= 0.3 is 5.69 Å². The highest BCUT2D eigenvalue weighted by Gasteiger charge is 2.21. The fourth-order valence-corrected chi connectivity index (χ4v) is 6.20. The molecule has 6 aromatic rings. The molecule has 41 heavy (non-hydrogen) atoms. The van der Waals surface area contributed by atoms with Crippen molar-refractivity contribution in [3.63, 3.8) is 0 Å². The molecular weight excluding hydrogens is 536 g/mol. The molecule has 0 atom stereocenters. The average molecular weight is 563 g/mol. The van der Waals surface area contributed by atoms with Crippen LogP contribution in [0.15, 0.2) is 88.8 Å². The molecule has 1 fully saturated rings. The van der Waals surface area contributed by atoms with Crippen molar-refractivity contribution in [1.29, 1.82) is 0 Å². The van der Waals surface area contributed by atoms with E-state index in [4.69, 9.17) is 16.7 Å². The Morgan fingerprint density at radius 3 is 2.61 bits per heavy atom. The molecule has 1 aliphatic heterocycles. The van der Waals surface area contributed by atoms with Crippen LogP contribution in [-0.2, 0) is 0 Å². The van der Waals surface area contributed by atoms with Crippen LogP contribution in [0.25, 0.3) is 49.6 Å². The van der Waals surface area contributed by atoms with Gasteiger partial charge in [-0.1, -0.05) is 54.1 Å². The zero-order chi connectivity index (χ0) is 28.1. The normalized spacial score (nSPS) is 14.2. The van der Waals surface area contributed by atoms with Crippen LogP contribution in [0.1, 0.15) is 24.6 Å². The van der Waals surface area contributed by atoms with Crippen molar-refractivity contribution in [2.75, 3.05) is 13.1 Å². The van der Waals surface area contributed by atoms with Crippen LogP contribution in [0, 0.1) is 6.92 Å². The summed E-state index contributed by atoms with van der Waals surface area (Å²) in [6, 6.07) is 19.2. The molecule has 0 bridgehead atoms. The predicted molar refractivity (Wildman–Crippen MR) is 163 cm³/mol. The molecule has 2 N–H and O–H groups in total. The number of nitrogens with one attached hydrogen (secondary N) is 2. The Morgan fingerprint density at radius 1 is 0.927 bits per heavy atom. The van der Waals surface area contributed by atoms with Gasteiger partial charge in [0.25, 0.3) is 5.56 Å². The molecule has 8 nitrogen and oxygen atoms in total. The molecule has 1 aliphatic rings. The van der Waals surface area contributed by atoms with Gasteiger partial charge in [0, 0.05) is 39.3 Å². The Bertz CT molecular complexity index is 2060. The summed E-state index contributed by atoms with van der Waals surface area (Å²) >= 11 is 6.82. The number of aromatic nitrogens is 5. The highest BCUT2D eigenvalue weighted by atomic mass is 35.5. The molecule has 204 valence electrons. The Labute approximate surface area is 240 Å². The molecular formula is C32H27ClN6O2. The van der Waals surface area contributed by atoms with Crippen LogP contribution in [-0.4, -0.2) is 37.4 Å². The third-order valence-corrected chi connectivity index (χ3v) is 8.29. The third-order valence-electron chi connectivity index (χ3n) is 7.98. The fraction of sp³-hybridized carbons (Fsp3) is 0.188. The molecule has 0 radical (unpaired) electrons. The lowest BCUT2D eigenvalue weighted by Gasteiger charge is -2.22. The van der Waals surface area contributed by atoms with Crippen LogP contribution in [0.2, 0.25) is 5.02 Å². The number of hydrogen-bond donors (Lipinski definition) is 2. The topological polar surface area (TPSA) is 97.6 Å². The Hall–Kier alpha value is -4.53. The molecule has 0 unspecified atom stereocenters. The van der Waals surface area contributed by atoms with E-state index in [1.165, 1.54) is 0 Å². The number of piperidine rings is 1. The van der Waals surface area contributed by atoms with E-state index in [0.717, 1.165) is 69.2 Å². The third kappa shape index (κ3) is 4.36. The number of H-pyrrole nitrogens is 1.